The molecule has 0 saturated heterocycles. The molecule has 0 radical (unpaired) electrons. The molecule has 0 unspecified atom stereocenters. The van der Waals surface area contributed by atoms with Crippen molar-refractivity contribution in [1.82, 2.24) is 0 Å². The van der Waals surface area contributed by atoms with Crippen LogP contribution in [0.4, 0.5) is 5.69 Å². The van der Waals surface area contributed by atoms with E-state index in [1.807, 2.05) is 30.3 Å². The molecule has 2 aromatic carbocycles. The number of anilines is 1. The summed E-state index contributed by atoms with van der Waals surface area (Å²) in [6.07, 6.45) is 1.14. The van der Waals surface area contributed by atoms with Gasteiger partial charge in [0.1, 0.15) is 0 Å². The average Bonchev–Trinajstić information content (AvgIpc) is 2.50. The minimum atomic E-state index is 0.00648. The van der Waals surface area contributed by atoms with Crippen LogP contribution in [-0.4, -0.2) is 11.6 Å². The first-order chi connectivity index (χ1) is 9.74. The van der Waals surface area contributed by atoms with Crippen LogP contribution >= 0.6 is 11.6 Å². The highest BCUT2D eigenvalue weighted by atomic mass is 35.5. The summed E-state index contributed by atoms with van der Waals surface area (Å²) >= 11 is 5.87. The maximum absolute atomic E-state index is 12.0. The second-order valence-electron chi connectivity index (χ2n) is 4.59. The quantitative estimate of drug-likeness (QED) is 0.824. The predicted molar refractivity (Wildman–Crippen MR) is 81.2 cm³/mol. The van der Waals surface area contributed by atoms with Crippen LogP contribution in [0.2, 0.25) is 5.02 Å². The van der Waals surface area contributed by atoms with Crippen molar-refractivity contribution < 1.29 is 4.79 Å². The highest BCUT2D eigenvalue weighted by Gasteiger charge is 2.22. The van der Waals surface area contributed by atoms with Gasteiger partial charge in [0.05, 0.1) is 11.4 Å². The van der Waals surface area contributed by atoms with Crippen LogP contribution in [0.5, 0.6) is 0 Å². The van der Waals surface area contributed by atoms with Gasteiger partial charge in [-0.05, 0) is 29.8 Å². The van der Waals surface area contributed by atoms with Gasteiger partial charge in [0.15, 0.2) is 0 Å². The largest absolute Gasteiger partial charge is 0.273 e. The lowest BCUT2D eigenvalue weighted by Crippen LogP contribution is -2.31. The molecule has 0 N–H and O–H groups in total. The van der Waals surface area contributed by atoms with Crippen molar-refractivity contribution in [3.63, 3.8) is 0 Å². The Hall–Kier alpha value is -2.13. The maximum Gasteiger partial charge on any atom is 0.247 e. The average molecular weight is 285 g/mol. The summed E-state index contributed by atoms with van der Waals surface area (Å²) in [6, 6.07) is 17.1. The van der Waals surface area contributed by atoms with Crippen LogP contribution in [0.25, 0.3) is 0 Å². The molecule has 2 aromatic rings. The number of rotatable bonds is 2. The Kier molecular flexibility index (Phi) is 3.52. The van der Waals surface area contributed by atoms with E-state index in [0.29, 0.717) is 17.9 Å². The first kappa shape index (κ1) is 12.9. The molecule has 0 aromatic heterocycles. The number of hydrogen-bond acceptors (Lipinski definition) is 2. The molecule has 3 nitrogen and oxygen atoms in total. The van der Waals surface area contributed by atoms with Crippen molar-refractivity contribution in [3.8, 4) is 0 Å². The van der Waals surface area contributed by atoms with Crippen LogP contribution < -0.4 is 5.01 Å². The molecule has 20 heavy (non-hydrogen) atoms. The smallest absolute Gasteiger partial charge is 0.247 e. The van der Waals surface area contributed by atoms with E-state index < -0.39 is 0 Å². The molecule has 1 aliphatic heterocycles. The topological polar surface area (TPSA) is 32.7 Å². The highest BCUT2D eigenvalue weighted by molar-refractivity contribution is 6.30. The van der Waals surface area contributed by atoms with Crippen LogP contribution in [0, 0.1) is 0 Å². The van der Waals surface area contributed by atoms with E-state index in [2.05, 4.69) is 5.10 Å². The van der Waals surface area contributed by atoms with Crippen molar-refractivity contribution >= 4 is 28.9 Å². The third-order valence-corrected chi connectivity index (χ3v) is 3.46. The Balaban J connectivity index is 1.97. The minimum Gasteiger partial charge on any atom is -0.273 e. The molecule has 0 aliphatic carbocycles. The van der Waals surface area contributed by atoms with Gasteiger partial charge < -0.3 is 0 Å². The number of nitrogens with zero attached hydrogens (tertiary/aromatic N) is 2. The third kappa shape index (κ3) is 2.58. The molecule has 0 saturated carbocycles. The van der Waals surface area contributed by atoms with Crippen molar-refractivity contribution in [2.75, 3.05) is 5.01 Å². The number of carbonyl (C=O) groups excluding carboxylic acids is 1. The fraction of sp³-hybridized carbons (Fsp3) is 0.125. The minimum absolute atomic E-state index is 0.00648. The first-order valence-electron chi connectivity index (χ1n) is 6.45. The molecule has 4 heteroatoms. The summed E-state index contributed by atoms with van der Waals surface area (Å²) < 4.78 is 0. The molecule has 0 spiro atoms. The summed E-state index contributed by atoms with van der Waals surface area (Å²) in [5.74, 6) is 0.00648. The number of benzene rings is 2. The van der Waals surface area contributed by atoms with E-state index >= 15 is 0 Å². The summed E-state index contributed by atoms with van der Waals surface area (Å²) in [4.78, 5) is 12.0. The van der Waals surface area contributed by atoms with Gasteiger partial charge in [-0.1, -0.05) is 41.9 Å². The summed E-state index contributed by atoms with van der Waals surface area (Å²) in [7, 11) is 0. The number of amides is 1. The Morgan fingerprint density at radius 3 is 2.35 bits per heavy atom. The van der Waals surface area contributed by atoms with Gasteiger partial charge in [-0.2, -0.15) is 5.10 Å². The normalized spacial score (nSPS) is 15.2. The van der Waals surface area contributed by atoms with Crippen LogP contribution in [0.1, 0.15) is 18.4 Å². The fourth-order valence-corrected chi connectivity index (χ4v) is 2.30. The fourth-order valence-electron chi connectivity index (χ4n) is 2.17. The number of hydrazone groups is 1. The molecular weight excluding hydrogens is 272 g/mol. The Morgan fingerprint density at radius 1 is 0.950 bits per heavy atom. The lowest BCUT2D eigenvalue weighted by molar-refractivity contribution is -0.118. The second kappa shape index (κ2) is 5.47. The van der Waals surface area contributed by atoms with E-state index in [0.717, 1.165) is 17.0 Å². The lowest BCUT2D eigenvalue weighted by atomic mass is 10.0. The molecular formula is C16H13ClN2O. The number of halogens is 1. The summed E-state index contributed by atoms with van der Waals surface area (Å²) in [5, 5.41) is 6.59. The standard InChI is InChI=1S/C16H13ClN2O/c17-13-6-8-14(9-7-13)19-16(20)11-10-15(18-19)12-4-2-1-3-5-12/h1-9H,10-11H2. The zero-order chi connectivity index (χ0) is 13.9. The van der Waals surface area contributed by atoms with E-state index in [9.17, 15) is 4.79 Å². The van der Waals surface area contributed by atoms with Gasteiger partial charge in [0.25, 0.3) is 0 Å². The van der Waals surface area contributed by atoms with Crippen molar-refractivity contribution in [1.29, 1.82) is 0 Å². The number of carbonyl (C=O) groups is 1. The van der Waals surface area contributed by atoms with Gasteiger partial charge in [-0.15, -0.1) is 0 Å². The van der Waals surface area contributed by atoms with Crippen LogP contribution in [0.3, 0.4) is 0 Å². The Labute approximate surface area is 122 Å². The highest BCUT2D eigenvalue weighted by Crippen LogP contribution is 2.23. The van der Waals surface area contributed by atoms with Crippen molar-refractivity contribution in [2.45, 2.75) is 12.8 Å². The molecule has 1 amide bonds. The maximum atomic E-state index is 12.0. The number of hydrogen-bond donors (Lipinski definition) is 0. The monoisotopic (exact) mass is 284 g/mol. The predicted octanol–water partition coefficient (Wildman–Crippen LogP) is 3.87. The molecule has 100 valence electrons. The molecule has 0 atom stereocenters. The van der Waals surface area contributed by atoms with Crippen molar-refractivity contribution in [3.05, 3.63) is 65.2 Å². The van der Waals surface area contributed by atoms with Gasteiger partial charge in [-0.3, -0.25) is 4.79 Å². The molecule has 0 bridgehead atoms. The lowest BCUT2D eigenvalue weighted by Gasteiger charge is -2.23. The zero-order valence-electron chi connectivity index (χ0n) is 10.8. The van der Waals surface area contributed by atoms with Crippen molar-refractivity contribution in [2.24, 2.45) is 5.10 Å². The van der Waals surface area contributed by atoms with Crippen LogP contribution in [0.15, 0.2) is 59.7 Å². The third-order valence-electron chi connectivity index (χ3n) is 3.21. The Bertz CT molecular complexity index is 650. The van der Waals surface area contributed by atoms with Gasteiger partial charge in [0.2, 0.25) is 5.91 Å². The zero-order valence-corrected chi connectivity index (χ0v) is 11.5. The SMILES string of the molecule is O=C1CCC(c2ccccc2)=NN1c1ccc(Cl)cc1. The summed E-state index contributed by atoms with van der Waals surface area (Å²) in [6.45, 7) is 0. The van der Waals surface area contributed by atoms with Gasteiger partial charge >= 0.3 is 0 Å². The van der Waals surface area contributed by atoms with Crippen LogP contribution in [-0.2, 0) is 4.79 Å². The van der Waals surface area contributed by atoms with Gasteiger partial charge in [-0.25, -0.2) is 5.01 Å². The first-order valence-corrected chi connectivity index (χ1v) is 6.83. The van der Waals surface area contributed by atoms with E-state index in [1.165, 1.54) is 5.01 Å². The Morgan fingerprint density at radius 2 is 1.65 bits per heavy atom. The molecule has 3 rings (SSSR count). The van der Waals surface area contributed by atoms with E-state index in [4.69, 9.17) is 11.6 Å². The molecule has 1 heterocycles. The molecule has 1 aliphatic rings. The summed E-state index contributed by atoms with van der Waals surface area (Å²) in [5.41, 5.74) is 2.73. The van der Waals surface area contributed by atoms with E-state index in [-0.39, 0.29) is 5.91 Å². The van der Waals surface area contributed by atoms with Gasteiger partial charge in [0, 0.05) is 17.9 Å². The molecule has 0 fully saturated rings. The second-order valence-corrected chi connectivity index (χ2v) is 5.03. The van der Waals surface area contributed by atoms with E-state index in [1.54, 1.807) is 24.3 Å².